The molecule has 3 aromatic rings. The van der Waals surface area contributed by atoms with Crippen molar-refractivity contribution in [3.63, 3.8) is 0 Å². The first-order valence-electron chi connectivity index (χ1n) is 11.5. The Labute approximate surface area is 193 Å². The molecule has 0 saturated carbocycles. The molecule has 2 fully saturated rings. The lowest BCUT2D eigenvalue weighted by Gasteiger charge is -2.36. The smallest absolute Gasteiger partial charge is 0.264 e. The van der Waals surface area contributed by atoms with Crippen molar-refractivity contribution in [1.82, 2.24) is 19.9 Å². The number of piperazine rings is 1. The van der Waals surface area contributed by atoms with Crippen LogP contribution in [0.5, 0.6) is 0 Å². The number of fused-ring (bicyclic) bond motifs is 1. The Hall–Kier alpha value is -2.74. The predicted molar refractivity (Wildman–Crippen MR) is 130 cm³/mol. The first kappa shape index (κ1) is 21.1. The van der Waals surface area contributed by atoms with Gasteiger partial charge in [0.25, 0.3) is 5.91 Å². The maximum Gasteiger partial charge on any atom is 0.264 e. The van der Waals surface area contributed by atoms with Crippen LogP contribution in [0.2, 0.25) is 0 Å². The van der Waals surface area contributed by atoms with Crippen LogP contribution < -0.4 is 9.80 Å². The third-order valence-electron chi connectivity index (χ3n) is 6.69. The number of carbonyl (C=O) groups excluding carboxylic acids is 1. The predicted octanol–water partition coefficient (Wildman–Crippen LogP) is 4.04. The molecule has 0 aromatic carbocycles. The zero-order valence-electron chi connectivity index (χ0n) is 19.0. The first-order valence-corrected chi connectivity index (χ1v) is 12.3. The van der Waals surface area contributed by atoms with Crippen molar-refractivity contribution in [1.29, 1.82) is 0 Å². The fraction of sp³-hybridized carbons (Fsp3) is 0.500. The zero-order chi connectivity index (χ0) is 22.2. The Bertz CT molecular complexity index is 1120. The minimum atomic E-state index is 0.154. The van der Waals surface area contributed by atoms with Gasteiger partial charge in [-0.3, -0.25) is 4.79 Å². The lowest BCUT2D eigenvalue weighted by molar-refractivity contribution is 0.0640. The van der Waals surface area contributed by atoms with E-state index in [1.54, 1.807) is 0 Å². The van der Waals surface area contributed by atoms with Gasteiger partial charge in [-0.2, -0.15) is 0 Å². The second kappa shape index (κ2) is 8.65. The van der Waals surface area contributed by atoms with Crippen molar-refractivity contribution in [2.24, 2.45) is 0 Å². The maximum atomic E-state index is 13.4. The maximum absolute atomic E-state index is 13.4. The molecule has 0 aliphatic carbocycles. The fourth-order valence-electron chi connectivity index (χ4n) is 4.87. The quantitative estimate of drug-likeness (QED) is 0.600. The number of rotatable bonds is 3. The Morgan fingerprint density at radius 2 is 1.81 bits per heavy atom. The van der Waals surface area contributed by atoms with Gasteiger partial charge in [0.2, 0.25) is 0 Å². The molecule has 1 atom stereocenters. The third-order valence-corrected chi connectivity index (χ3v) is 7.87. The molecular weight excluding hydrogens is 420 g/mol. The molecule has 0 spiro atoms. The molecule has 1 unspecified atom stereocenters. The highest BCUT2D eigenvalue weighted by molar-refractivity contribution is 7.20. The number of thiophene rings is 1. The average Bonchev–Trinajstić information content (AvgIpc) is 3.15. The summed E-state index contributed by atoms with van der Waals surface area (Å²) in [4.78, 5) is 35.9. The molecule has 1 amide bonds. The van der Waals surface area contributed by atoms with E-state index >= 15 is 0 Å². The highest BCUT2D eigenvalue weighted by Crippen LogP contribution is 2.37. The minimum absolute atomic E-state index is 0.154. The Balaban J connectivity index is 1.45. The normalized spacial score (nSPS) is 19.6. The molecule has 0 N–H and O–H groups in total. The van der Waals surface area contributed by atoms with Crippen LogP contribution in [0.4, 0.5) is 11.6 Å². The van der Waals surface area contributed by atoms with Gasteiger partial charge in [0.05, 0.1) is 10.3 Å². The molecule has 168 valence electrons. The number of hydrogen-bond donors (Lipinski definition) is 0. The van der Waals surface area contributed by atoms with Gasteiger partial charge < -0.3 is 14.7 Å². The molecule has 2 aliphatic rings. The van der Waals surface area contributed by atoms with Gasteiger partial charge in [-0.1, -0.05) is 6.07 Å². The van der Waals surface area contributed by atoms with E-state index in [1.165, 1.54) is 17.8 Å². The van der Waals surface area contributed by atoms with Crippen molar-refractivity contribution in [3.8, 4) is 0 Å². The van der Waals surface area contributed by atoms with Crippen LogP contribution in [0.1, 0.15) is 47.2 Å². The fourth-order valence-corrected chi connectivity index (χ4v) is 6.05. The number of aromatic nitrogens is 3. The number of hydrogen-bond acceptors (Lipinski definition) is 7. The van der Waals surface area contributed by atoms with Crippen LogP contribution in [-0.2, 0) is 0 Å². The molecule has 0 radical (unpaired) electrons. The van der Waals surface area contributed by atoms with Crippen LogP contribution in [-0.4, -0.2) is 64.5 Å². The van der Waals surface area contributed by atoms with E-state index in [0.717, 1.165) is 83.7 Å². The van der Waals surface area contributed by atoms with Gasteiger partial charge in [-0.15, -0.1) is 11.3 Å². The monoisotopic (exact) mass is 450 g/mol. The van der Waals surface area contributed by atoms with Gasteiger partial charge in [0.1, 0.15) is 22.3 Å². The Kier molecular flexibility index (Phi) is 5.71. The second-order valence-corrected chi connectivity index (χ2v) is 9.84. The summed E-state index contributed by atoms with van der Waals surface area (Å²) in [5.41, 5.74) is 1.02. The summed E-state index contributed by atoms with van der Waals surface area (Å²) in [5.74, 6) is 2.89. The van der Waals surface area contributed by atoms with Gasteiger partial charge in [-0.25, -0.2) is 15.0 Å². The van der Waals surface area contributed by atoms with Crippen LogP contribution in [0.25, 0.3) is 10.2 Å². The van der Waals surface area contributed by atoms with Gasteiger partial charge >= 0.3 is 0 Å². The highest BCUT2D eigenvalue weighted by Gasteiger charge is 2.30. The largest absolute Gasteiger partial charge is 0.353 e. The summed E-state index contributed by atoms with van der Waals surface area (Å²) in [6.07, 6.45) is 5.22. The summed E-state index contributed by atoms with van der Waals surface area (Å²) in [6.45, 7) is 10.5. The van der Waals surface area contributed by atoms with Gasteiger partial charge in [0.15, 0.2) is 0 Å². The van der Waals surface area contributed by atoms with E-state index in [9.17, 15) is 4.79 Å². The summed E-state index contributed by atoms with van der Waals surface area (Å²) >= 11 is 1.53. The topological polar surface area (TPSA) is 65.5 Å². The Morgan fingerprint density at radius 1 is 1.03 bits per heavy atom. The summed E-state index contributed by atoms with van der Waals surface area (Å²) < 4.78 is 0. The summed E-state index contributed by atoms with van der Waals surface area (Å²) in [7, 11) is 0. The third kappa shape index (κ3) is 3.81. The molecule has 3 aromatic heterocycles. The molecule has 7 nitrogen and oxygen atoms in total. The second-order valence-electron chi connectivity index (χ2n) is 8.84. The number of likely N-dealkylation sites (tertiary alicyclic amines) is 1. The van der Waals surface area contributed by atoms with Crippen LogP contribution >= 0.6 is 11.3 Å². The van der Waals surface area contributed by atoms with Crippen molar-refractivity contribution >= 4 is 39.1 Å². The number of piperidine rings is 1. The highest BCUT2D eigenvalue weighted by atomic mass is 32.1. The van der Waals surface area contributed by atoms with E-state index in [4.69, 9.17) is 9.97 Å². The summed E-state index contributed by atoms with van der Waals surface area (Å²) in [6, 6.07) is 6.34. The molecule has 2 aliphatic heterocycles. The van der Waals surface area contributed by atoms with Crippen LogP contribution in [0.3, 0.4) is 0 Å². The molecule has 5 rings (SSSR count). The number of carbonyl (C=O) groups is 1. The van der Waals surface area contributed by atoms with Crippen molar-refractivity contribution < 1.29 is 4.79 Å². The lowest BCUT2D eigenvalue weighted by Crippen LogP contribution is -2.47. The number of pyridine rings is 1. The molecule has 0 bridgehead atoms. The first-order chi connectivity index (χ1) is 15.5. The van der Waals surface area contributed by atoms with E-state index in [2.05, 4.69) is 34.7 Å². The minimum Gasteiger partial charge on any atom is -0.353 e. The molecule has 5 heterocycles. The SMILES string of the molecule is Cc1nc(N2CCN(c3ccccn3)CC2)c2c(C)c(C(=O)N3CCCCC3C)sc2n1. The van der Waals surface area contributed by atoms with Crippen LogP contribution in [0.15, 0.2) is 24.4 Å². The summed E-state index contributed by atoms with van der Waals surface area (Å²) in [5, 5.41) is 1.04. The van der Waals surface area contributed by atoms with E-state index in [-0.39, 0.29) is 5.91 Å². The molecule has 8 heteroatoms. The van der Waals surface area contributed by atoms with Gasteiger partial charge in [-0.05, 0) is 57.7 Å². The number of amides is 1. The Morgan fingerprint density at radius 3 is 2.53 bits per heavy atom. The molecule has 2 saturated heterocycles. The van der Waals surface area contributed by atoms with Crippen molar-refractivity contribution in [2.75, 3.05) is 42.5 Å². The average molecular weight is 451 g/mol. The van der Waals surface area contributed by atoms with Crippen molar-refractivity contribution in [2.45, 2.75) is 46.1 Å². The van der Waals surface area contributed by atoms with E-state index in [1.807, 2.05) is 30.2 Å². The van der Waals surface area contributed by atoms with Crippen LogP contribution in [0, 0.1) is 13.8 Å². The van der Waals surface area contributed by atoms with Crippen molar-refractivity contribution in [3.05, 3.63) is 40.7 Å². The number of aryl methyl sites for hydroxylation is 2. The lowest BCUT2D eigenvalue weighted by atomic mass is 10.0. The molecular formula is C24H30N6OS. The standard InChI is InChI=1S/C24H30N6OS/c1-16-8-5-7-11-30(16)24(31)21-17(2)20-22(26-18(3)27-23(20)32-21)29-14-12-28(13-15-29)19-9-4-6-10-25-19/h4,6,9-10,16H,5,7-8,11-15H2,1-3H3. The van der Waals surface area contributed by atoms with E-state index in [0.29, 0.717) is 6.04 Å². The zero-order valence-corrected chi connectivity index (χ0v) is 19.9. The number of nitrogens with zero attached hydrogens (tertiary/aromatic N) is 6. The van der Waals surface area contributed by atoms with Gasteiger partial charge in [0, 0.05) is 45.0 Å². The molecule has 32 heavy (non-hydrogen) atoms. The number of anilines is 2. The van der Waals surface area contributed by atoms with E-state index < -0.39 is 0 Å².